The van der Waals surface area contributed by atoms with E-state index < -0.39 is 11.2 Å². The Hall–Kier alpha value is -4.04. The molecule has 1 N–H and O–H groups in total. The van der Waals surface area contributed by atoms with Gasteiger partial charge in [-0.05, 0) is 22.8 Å². The smallest absolute Gasteiger partial charge is 0.332 e. The number of carbonyl (C=O) groups excluding carboxylic acids is 1. The molecular formula is C25H24N4O4. The van der Waals surface area contributed by atoms with Crippen LogP contribution in [0, 0.1) is 0 Å². The van der Waals surface area contributed by atoms with E-state index in [1.165, 1.54) is 30.9 Å². The van der Waals surface area contributed by atoms with Crippen molar-refractivity contribution in [3.63, 3.8) is 0 Å². The number of pyridine rings is 1. The van der Waals surface area contributed by atoms with Crippen LogP contribution >= 0.6 is 0 Å². The van der Waals surface area contributed by atoms with Gasteiger partial charge in [-0.15, -0.1) is 0 Å². The fourth-order valence-electron chi connectivity index (χ4n) is 3.56. The number of nitrogens with zero attached hydrogens (tertiary/aromatic N) is 3. The lowest BCUT2D eigenvalue weighted by atomic mass is 10.1. The molecule has 33 heavy (non-hydrogen) atoms. The molecule has 0 bridgehead atoms. The summed E-state index contributed by atoms with van der Waals surface area (Å²) >= 11 is 0. The monoisotopic (exact) mass is 444 g/mol. The molecule has 0 atom stereocenters. The Morgan fingerprint density at radius 3 is 2.39 bits per heavy atom. The van der Waals surface area contributed by atoms with Gasteiger partial charge < -0.3 is 10.1 Å². The first kappa shape index (κ1) is 22.2. The molecule has 2 heterocycles. The van der Waals surface area contributed by atoms with E-state index in [1.54, 1.807) is 0 Å². The van der Waals surface area contributed by atoms with Crippen molar-refractivity contribution in [1.29, 1.82) is 0 Å². The highest BCUT2D eigenvalue weighted by Crippen LogP contribution is 2.11. The average Bonchev–Trinajstić information content (AvgIpc) is 2.85. The van der Waals surface area contributed by atoms with Crippen molar-refractivity contribution in [2.75, 3.05) is 0 Å². The summed E-state index contributed by atoms with van der Waals surface area (Å²) < 4.78 is 8.06. The van der Waals surface area contributed by atoms with Crippen LogP contribution in [0.15, 0.2) is 76.4 Å². The molecule has 8 nitrogen and oxygen atoms in total. The second-order valence-electron chi connectivity index (χ2n) is 7.78. The lowest BCUT2D eigenvalue weighted by Gasteiger charge is -2.10. The molecule has 8 heteroatoms. The first-order valence-corrected chi connectivity index (χ1v) is 10.5. The maximum Gasteiger partial charge on any atom is 0.332 e. The third kappa shape index (κ3) is 4.91. The molecular weight excluding hydrogens is 420 g/mol. The summed E-state index contributed by atoms with van der Waals surface area (Å²) in [5.41, 5.74) is 2.58. The Morgan fingerprint density at radius 2 is 1.61 bits per heavy atom. The number of benzene rings is 2. The molecule has 0 aliphatic heterocycles. The van der Waals surface area contributed by atoms with Gasteiger partial charge in [0.15, 0.2) is 0 Å². The number of hydrogen-bond donors (Lipinski definition) is 1. The molecule has 0 fully saturated rings. The zero-order valence-electron chi connectivity index (χ0n) is 18.4. The summed E-state index contributed by atoms with van der Waals surface area (Å²) in [7, 11) is 2.93. The molecule has 0 aliphatic rings. The first-order chi connectivity index (χ1) is 15.9. The second-order valence-corrected chi connectivity index (χ2v) is 7.78. The average molecular weight is 444 g/mol. The van der Waals surface area contributed by atoms with Crippen molar-refractivity contribution in [2.45, 2.75) is 19.8 Å². The highest BCUT2D eigenvalue weighted by atomic mass is 16.5. The molecule has 0 radical (unpaired) electrons. The molecule has 4 aromatic rings. The van der Waals surface area contributed by atoms with Gasteiger partial charge in [0.1, 0.15) is 5.65 Å². The van der Waals surface area contributed by atoms with Gasteiger partial charge >= 0.3 is 5.69 Å². The van der Waals surface area contributed by atoms with Crippen LogP contribution in [-0.2, 0) is 38.6 Å². The topological polar surface area (TPSA) is 95.2 Å². The summed E-state index contributed by atoms with van der Waals surface area (Å²) in [6.45, 7) is 1.31. The number of carbonyl (C=O) groups is 1. The van der Waals surface area contributed by atoms with Gasteiger partial charge in [-0.1, -0.05) is 54.6 Å². The van der Waals surface area contributed by atoms with Crippen LogP contribution in [-0.4, -0.2) is 20.0 Å². The van der Waals surface area contributed by atoms with Crippen molar-refractivity contribution in [1.82, 2.24) is 19.4 Å². The minimum Gasteiger partial charge on any atom is -0.372 e. The molecule has 0 saturated carbocycles. The summed E-state index contributed by atoms with van der Waals surface area (Å²) in [5, 5.41) is 3.06. The molecule has 168 valence electrons. The lowest BCUT2D eigenvalue weighted by molar-refractivity contribution is 0.0950. The SMILES string of the molecule is Cn1c(=O)c2cc(C(=O)NCc3cccc(COCc4ccccc4)c3)cnc2n(C)c1=O. The second kappa shape index (κ2) is 9.62. The largest absolute Gasteiger partial charge is 0.372 e. The predicted octanol–water partition coefficient (Wildman–Crippen LogP) is 2.28. The number of amides is 1. The summed E-state index contributed by atoms with van der Waals surface area (Å²) in [6, 6.07) is 19.2. The maximum absolute atomic E-state index is 12.7. The highest BCUT2D eigenvalue weighted by Gasteiger charge is 2.13. The molecule has 1 amide bonds. The summed E-state index contributed by atoms with van der Waals surface area (Å²) in [4.78, 5) is 41.3. The van der Waals surface area contributed by atoms with Gasteiger partial charge in [0.25, 0.3) is 11.5 Å². The highest BCUT2D eigenvalue weighted by molar-refractivity contribution is 5.96. The minimum absolute atomic E-state index is 0.213. The molecule has 2 aromatic heterocycles. The number of fused-ring (bicyclic) bond motifs is 1. The quantitative estimate of drug-likeness (QED) is 0.472. The van der Waals surface area contributed by atoms with E-state index in [1.807, 2.05) is 54.6 Å². The number of rotatable bonds is 7. The van der Waals surface area contributed by atoms with Crippen molar-refractivity contribution in [2.24, 2.45) is 14.1 Å². The maximum atomic E-state index is 12.7. The fourth-order valence-corrected chi connectivity index (χ4v) is 3.56. The van der Waals surface area contributed by atoms with E-state index in [-0.39, 0.29) is 22.5 Å². The Kier molecular flexibility index (Phi) is 6.46. The Balaban J connectivity index is 1.41. The lowest BCUT2D eigenvalue weighted by Crippen LogP contribution is -2.37. The van der Waals surface area contributed by atoms with Crippen LogP contribution < -0.4 is 16.6 Å². The Bertz CT molecular complexity index is 1420. The number of aromatic nitrogens is 3. The third-order valence-electron chi connectivity index (χ3n) is 5.38. The minimum atomic E-state index is -0.488. The van der Waals surface area contributed by atoms with Crippen molar-refractivity contribution >= 4 is 16.9 Å². The van der Waals surface area contributed by atoms with Crippen molar-refractivity contribution < 1.29 is 9.53 Å². The van der Waals surface area contributed by atoms with Crippen LogP contribution in [0.1, 0.15) is 27.0 Å². The number of aryl methyl sites for hydroxylation is 1. The normalized spacial score (nSPS) is 11.0. The van der Waals surface area contributed by atoms with Crippen LogP contribution in [0.3, 0.4) is 0 Å². The molecule has 4 rings (SSSR count). The number of hydrogen-bond acceptors (Lipinski definition) is 5. The van der Waals surface area contributed by atoms with E-state index in [2.05, 4.69) is 10.3 Å². The van der Waals surface area contributed by atoms with Gasteiger partial charge in [-0.25, -0.2) is 9.78 Å². The van der Waals surface area contributed by atoms with Gasteiger partial charge in [0.2, 0.25) is 0 Å². The molecule has 0 spiro atoms. The zero-order chi connectivity index (χ0) is 23.4. The van der Waals surface area contributed by atoms with Gasteiger partial charge in [-0.2, -0.15) is 0 Å². The number of ether oxygens (including phenoxy) is 1. The molecule has 0 unspecified atom stereocenters. The standard InChI is InChI=1S/C25H24N4O4/c1-28-22-21(24(31)29(2)25(28)32)12-20(14-26-22)23(30)27-13-18-9-6-10-19(11-18)16-33-15-17-7-4-3-5-8-17/h3-12,14H,13,15-16H2,1-2H3,(H,27,30). The first-order valence-electron chi connectivity index (χ1n) is 10.5. The zero-order valence-corrected chi connectivity index (χ0v) is 18.4. The van der Waals surface area contributed by atoms with Crippen LogP contribution in [0.2, 0.25) is 0 Å². The van der Waals surface area contributed by atoms with E-state index in [4.69, 9.17) is 4.74 Å². The molecule has 0 aliphatic carbocycles. The van der Waals surface area contributed by atoms with Gasteiger partial charge in [-0.3, -0.25) is 18.7 Å². The molecule has 2 aromatic carbocycles. The van der Waals surface area contributed by atoms with Crippen molar-refractivity contribution in [3.05, 3.63) is 110 Å². The van der Waals surface area contributed by atoms with E-state index in [0.29, 0.717) is 19.8 Å². The van der Waals surface area contributed by atoms with Crippen LogP contribution in [0.25, 0.3) is 11.0 Å². The van der Waals surface area contributed by atoms with Gasteiger partial charge in [0, 0.05) is 26.8 Å². The Morgan fingerprint density at radius 1 is 0.909 bits per heavy atom. The summed E-state index contributed by atoms with van der Waals surface area (Å²) in [5.74, 6) is -0.356. The Labute approximate surface area is 190 Å². The molecule has 0 saturated heterocycles. The summed E-state index contributed by atoms with van der Waals surface area (Å²) in [6.07, 6.45) is 1.37. The number of nitrogens with one attached hydrogen (secondary N) is 1. The van der Waals surface area contributed by atoms with Gasteiger partial charge in [0.05, 0.1) is 24.2 Å². The predicted molar refractivity (Wildman–Crippen MR) is 125 cm³/mol. The van der Waals surface area contributed by atoms with Crippen LogP contribution in [0.4, 0.5) is 0 Å². The fraction of sp³-hybridized carbons (Fsp3) is 0.200. The third-order valence-corrected chi connectivity index (χ3v) is 5.38. The van der Waals surface area contributed by atoms with Crippen LogP contribution in [0.5, 0.6) is 0 Å². The van der Waals surface area contributed by atoms with E-state index in [0.717, 1.165) is 21.3 Å². The van der Waals surface area contributed by atoms with Crippen molar-refractivity contribution in [3.8, 4) is 0 Å². The van der Waals surface area contributed by atoms with E-state index >= 15 is 0 Å². The van der Waals surface area contributed by atoms with E-state index in [9.17, 15) is 14.4 Å².